The zero-order chi connectivity index (χ0) is 12.4. The second-order valence-electron chi connectivity index (χ2n) is 4.14. The lowest BCUT2D eigenvalue weighted by Crippen LogP contribution is -2.03. The maximum absolute atomic E-state index is 6.13. The van der Waals surface area contributed by atoms with Gasteiger partial charge in [0.25, 0.3) is 0 Å². The molecule has 2 rings (SSSR count). The first-order valence-electron chi connectivity index (χ1n) is 5.72. The first-order valence-corrected chi connectivity index (χ1v) is 6.10. The normalized spacial score (nSPS) is 10.8. The van der Waals surface area contributed by atoms with E-state index in [1.165, 1.54) is 0 Å². The summed E-state index contributed by atoms with van der Waals surface area (Å²) in [5, 5.41) is 5.06. The van der Waals surface area contributed by atoms with Crippen molar-refractivity contribution in [2.45, 2.75) is 26.7 Å². The topological polar surface area (TPSA) is 43.8 Å². The number of nitrogens with two attached hydrogens (primary N) is 1. The predicted octanol–water partition coefficient (Wildman–Crippen LogP) is 3.37. The van der Waals surface area contributed by atoms with E-state index in [0.29, 0.717) is 0 Å². The van der Waals surface area contributed by atoms with Crippen LogP contribution in [0.1, 0.15) is 24.6 Å². The van der Waals surface area contributed by atoms with Gasteiger partial charge in [-0.1, -0.05) is 31.0 Å². The molecule has 0 aliphatic heterocycles. The van der Waals surface area contributed by atoms with Gasteiger partial charge < -0.3 is 5.73 Å². The lowest BCUT2D eigenvalue weighted by molar-refractivity contribution is 0.776. The number of aryl methyl sites for hydroxylation is 1. The van der Waals surface area contributed by atoms with Gasteiger partial charge in [0, 0.05) is 5.02 Å². The molecule has 0 atom stereocenters. The molecular weight excluding hydrogens is 234 g/mol. The van der Waals surface area contributed by atoms with Gasteiger partial charge in [-0.3, -0.25) is 0 Å². The van der Waals surface area contributed by atoms with Crippen LogP contribution in [0.15, 0.2) is 24.4 Å². The Morgan fingerprint density at radius 1 is 1.41 bits per heavy atom. The van der Waals surface area contributed by atoms with E-state index in [1.807, 2.05) is 29.8 Å². The molecule has 90 valence electrons. The van der Waals surface area contributed by atoms with Gasteiger partial charge in [-0.15, -0.1) is 0 Å². The van der Waals surface area contributed by atoms with Crippen molar-refractivity contribution >= 4 is 17.3 Å². The van der Waals surface area contributed by atoms with Gasteiger partial charge in [0.1, 0.15) is 0 Å². The standard InChI is InChI=1S/C13H16ClN3/c1-3-4-13-12(15)8-16-17(13)10-6-5-9(2)11(14)7-10/h5-8H,3-4,15H2,1-2H3. The van der Waals surface area contributed by atoms with Gasteiger partial charge in [0.2, 0.25) is 0 Å². The maximum Gasteiger partial charge on any atom is 0.0737 e. The van der Waals surface area contributed by atoms with Crippen LogP contribution in [0.2, 0.25) is 5.02 Å². The average molecular weight is 250 g/mol. The number of benzene rings is 1. The van der Waals surface area contributed by atoms with Gasteiger partial charge in [-0.25, -0.2) is 4.68 Å². The third-order valence-corrected chi connectivity index (χ3v) is 3.20. The Morgan fingerprint density at radius 2 is 2.18 bits per heavy atom. The second kappa shape index (κ2) is 4.80. The van der Waals surface area contributed by atoms with Gasteiger partial charge in [-0.05, 0) is 31.0 Å². The molecule has 3 nitrogen and oxygen atoms in total. The fraction of sp³-hybridized carbons (Fsp3) is 0.308. The Balaban J connectivity index is 2.48. The molecule has 0 bridgehead atoms. The molecule has 0 unspecified atom stereocenters. The molecular formula is C13H16ClN3. The van der Waals surface area contributed by atoms with Crippen LogP contribution in [0.3, 0.4) is 0 Å². The van der Waals surface area contributed by atoms with Crippen molar-refractivity contribution in [2.75, 3.05) is 5.73 Å². The lowest BCUT2D eigenvalue weighted by Gasteiger charge is -2.08. The first-order chi connectivity index (χ1) is 8.13. The van der Waals surface area contributed by atoms with E-state index < -0.39 is 0 Å². The summed E-state index contributed by atoms with van der Waals surface area (Å²) in [4.78, 5) is 0. The van der Waals surface area contributed by atoms with E-state index in [2.05, 4.69) is 12.0 Å². The van der Waals surface area contributed by atoms with Gasteiger partial charge in [0.15, 0.2) is 0 Å². The van der Waals surface area contributed by atoms with Crippen LogP contribution in [0.25, 0.3) is 5.69 Å². The highest BCUT2D eigenvalue weighted by Gasteiger charge is 2.09. The van der Waals surface area contributed by atoms with E-state index in [1.54, 1.807) is 6.20 Å². The minimum atomic E-state index is 0.739. The van der Waals surface area contributed by atoms with Gasteiger partial charge in [-0.2, -0.15) is 5.10 Å². The molecule has 0 saturated heterocycles. The number of rotatable bonds is 3. The van der Waals surface area contributed by atoms with E-state index in [4.69, 9.17) is 17.3 Å². The third kappa shape index (κ3) is 2.29. The van der Waals surface area contributed by atoms with E-state index >= 15 is 0 Å². The van der Waals surface area contributed by atoms with Crippen molar-refractivity contribution in [1.29, 1.82) is 0 Å². The van der Waals surface area contributed by atoms with Crippen molar-refractivity contribution < 1.29 is 0 Å². The minimum Gasteiger partial charge on any atom is -0.396 e. The summed E-state index contributed by atoms with van der Waals surface area (Å²) in [7, 11) is 0. The fourth-order valence-corrected chi connectivity index (χ4v) is 1.98. The zero-order valence-corrected chi connectivity index (χ0v) is 10.8. The molecule has 2 N–H and O–H groups in total. The second-order valence-corrected chi connectivity index (χ2v) is 4.55. The Morgan fingerprint density at radius 3 is 2.82 bits per heavy atom. The average Bonchev–Trinajstić information content (AvgIpc) is 2.66. The van der Waals surface area contributed by atoms with Crippen molar-refractivity contribution in [3.05, 3.63) is 40.7 Å². The Labute approximate surface area is 106 Å². The summed E-state index contributed by atoms with van der Waals surface area (Å²) in [6, 6.07) is 5.92. The molecule has 0 aliphatic rings. The van der Waals surface area contributed by atoms with Crippen molar-refractivity contribution in [3.63, 3.8) is 0 Å². The molecule has 0 aliphatic carbocycles. The highest BCUT2D eigenvalue weighted by molar-refractivity contribution is 6.31. The molecule has 1 aromatic heterocycles. The maximum atomic E-state index is 6.13. The Bertz CT molecular complexity index is 531. The van der Waals surface area contributed by atoms with Crippen LogP contribution in [-0.4, -0.2) is 9.78 Å². The molecule has 1 aromatic carbocycles. The van der Waals surface area contributed by atoms with Crippen molar-refractivity contribution in [3.8, 4) is 5.69 Å². The highest BCUT2D eigenvalue weighted by atomic mass is 35.5. The SMILES string of the molecule is CCCc1c(N)cnn1-c1ccc(C)c(Cl)c1. The Hall–Kier alpha value is -1.48. The summed E-state index contributed by atoms with van der Waals surface area (Å²) < 4.78 is 1.87. The molecule has 4 heteroatoms. The molecule has 0 spiro atoms. The molecule has 0 saturated carbocycles. The fourth-order valence-electron chi connectivity index (χ4n) is 1.81. The van der Waals surface area contributed by atoms with Crippen LogP contribution >= 0.6 is 11.6 Å². The number of hydrogen-bond donors (Lipinski definition) is 1. The highest BCUT2D eigenvalue weighted by Crippen LogP contribution is 2.22. The van der Waals surface area contributed by atoms with E-state index in [0.717, 1.165) is 40.5 Å². The molecule has 17 heavy (non-hydrogen) atoms. The quantitative estimate of drug-likeness (QED) is 0.906. The third-order valence-electron chi connectivity index (χ3n) is 2.79. The van der Waals surface area contributed by atoms with Crippen LogP contribution in [0, 0.1) is 6.92 Å². The summed E-state index contributed by atoms with van der Waals surface area (Å²) in [6.07, 6.45) is 3.64. The monoisotopic (exact) mass is 249 g/mol. The number of nitrogen functional groups attached to an aromatic ring is 1. The van der Waals surface area contributed by atoms with Crippen molar-refractivity contribution in [1.82, 2.24) is 9.78 Å². The zero-order valence-electron chi connectivity index (χ0n) is 10.1. The smallest absolute Gasteiger partial charge is 0.0737 e. The van der Waals surface area contributed by atoms with Crippen molar-refractivity contribution in [2.24, 2.45) is 0 Å². The summed E-state index contributed by atoms with van der Waals surface area (Å²) in [5.41, 5.74) is 9.73. The molecule has 1 heterocycles. The lowest BCUT2D eigenvalue weighted by atomic mass is 10.2. The van der Waals surface area contributed by atoms with Gasteiger partial charge >= 0.3 is 0 Å². The number of nitrogens with zero attached hydrogens (tertiary/aromatic N) is 2. The van der Waals surface area contributed by atoms with E-state index in [-0.39, 0.29) is 0 Å². The van der Waals surface area contributed by atoms with Crippen LogP contribution in [0.5, 0.6) is 0 Å². The molecule has 0 fully saturated rings. The predicted molar refractivity (Wildman–Crippen MR) is 71.7 cm³/mol. The number of anilines is 1. The number of halogens is 1. The number of aromatic nitrogens is 2. The molecule has 2 aromatic rings. The summed E-state index contributed by atoms with van der Waals surface area (Å²) >= 11 is 6.13. The Kier molecular flexibility index (Phi) is 3.38. The molecule has 0 amide bonds. The number of hydrogen-bond acceptors (Lipinski definition) is 2. The van der Waals surface area contributed by atoms with Crippen LogP contribution < -0.4 is 5.73 Å². The summed E-state index contributed by atoms with van der Waals surface area (Å²) in [6.45, 7) is 4.11. The molecule has 0 radical (unpaired) electrons. The van der Waals surface area contributed by atoms with Gasteiger partial charge in [0.05, 0.1) is 23.3 Å². The first kappa shape index (κ1) is 12.0. The van der Waals surface area contributed by atoms with Crippen LogP contribution in [0.4, 0.5) is 5.69 Å². The minimum absolute atomic E-state index is 0.739. The summed E-state index contributed by atoms with van der Waals surface area (Å²) in [5.74, 6) is 0. The van der Waals surface area contributed by atoms with E-state index in [9.17, 15) is 0 Å². The van der Waals surface area contributed by atoms with Crippen LogP contribution in [-0.2, 0) is 6.42 Å². The largest absolute Gasteiger partial charge is 0.396 e.